The number of carbonyl (C=O) groups excluding carboxylic acids is 1. The Hall–Kier alpha value is -3.41. The van der Waals surface area contributed by atoms with Crippen LogP contribution in [0.4, 0.5) is 0 Å². The second-order valence-electron chi connectivity index (χ2n) is 7.29. The summed E-state index contributed by atoms with van der Waals surface area (Å²) in [5.74, 6) is 0.780. The first-order valence-corrected chi connectivity index (χ1v) is 9.86. The van der Waals surface area contributed by atoms with Gasteiger partial charge in [-0.25, -0.2) is 0 Å². The van der Waals surface area contributed by atoms with Crippen molar-refractivity contribution < 1.29 is 4.79 Å². The molecule has 3 heterocycles. The molecule has 29 heavy (non-hydrogen) atoms. The molecule has 4 aromatic rings. The van der Waals surface area contributed by atoms with Gasteiger partial charge >= 0.3 is 0 Å². The maximum Gasteiger partial charge on any atom is 0.253 e. The monoisotopic (exact) mass is 387 g/mol. The first kappa shape index (κ1) is 18.9. The number of fused-ring (bicyclic) bond motifs is 1. The van der Waals surface area contributed by atoms with E-state index in [-0.39, 0.29) is 11.9 Å². The van der Waals surface area contributed by atoms with Crippen LogP contribution in [0.25, 0.3) is 5.65 Å². The van der Waals surface area contributed by atoms with E-state index in [9.17, 15) is 4.79 Å². The maximum absolute atomic E-state index is 12.8. The number of amides is 1. The molecule has 1 atom stereocenters. The van der Waals surface area contributed by atoms with Crippen LogP contribution >= 0.6 is 0 Å². The second kappa shape index (κ2) is 7.91. The summed E-state index contributed by atoms with van der Waals surface area (Å²) < 4.78 is 4.16. The molecule has 0 spiro atoms. The number of pyridine rings is 1. The van der Waals surface area contributed by atoms with Crippen LogP contribution in [0, 0.1) is 13.8 Å². The summed E-state index contributed by atoms with van der Waals surface area (Å²) in [6.45, 7) is 6.72. The van der Waals surface area contributed by atoms with E-state index >= 15 is 0 Å². The molecule has 0 aliphatic rings. The van der Waals surface area contributed by atoms with Crippen molar-refractivity contribution in [1.29, 1.82) is 0 Å². The SMILES string of the molecule is Cc1cc(C(=O)NCCc2nnc3ccccn23)c(C)n1[C@H](C)c1ccccc1. The summed E-state index contributed by atoms with van der Waals surface area (Å²) >= 11 is 0. The molecule has 6 nitrogen and oxygen atoms in total. The summed E-state index contributed by atoms with van der Waals surface area (Å²) in [6.07, 6.45) is 2.56. The van der Waals surface area contributed by atoms with Gasteiger partial charge in [-0.15, -0.1) is 10.2 Å². The molecule has 1 N–H and O–H groups in total. The van der Waals surface area contributed by atoms with Crippen LogP contribution in [0.5, 0.6) is 0 Å². The molecule has 0 radical (unpaired) electrons. The third kappa shape index (κ3) is 3.66. The zero-order chi connectivity index (χ0) is 20.4. The minimum absolute atomic E-state index is 0.0570. The van der Waals surface area contributed by atoms with Crippen LogP contribution in [-0.2, 0) is 6.42 Å². The Kier molecular flexibility index (Phi) is 5.16. The van der Waals surface area contributed by atoms with Gasteiger partial charge in [-0.3, -0.25) is 9.20 Å². The Bertz CT molecular complexity index is 1140. The quantitative estimate of drug-likeness (QED) is 0.548. The predicted octanol–water partition coefficient (Wildman–Crippen LogP) is 3.73. The fourth-order valence-electron chi connectivity index (χ4n) is 3.93. The van der Waals surface area contributed by atoms with Crippen molar-refractivity contribution in [3.63, 3.8) is 0 Å². The molecule has 4 rings (SSSR count). The van der Waals surface area contributed by atoms with E-state index in [4.69, 9.17) is 0 Å². The average molecular weight is 387 g/mol. The number of rotatable bonds is 6. The van der Waals surface area contributed by atoms with E-state index in [0.29, 0.717) is 13.0 Å². The molecule has 0 aliphatic carbocycles. The highest BCUT2D eigenvalue weighted by molar-refractivity contribution is 5.95. The minimum Gasteiger partial charge on any atom is -0.352 e. The molecule has 0 saturated heterocycles. The van der Waals surface area contributed by atoms with Crippen LogP contribution in [0.3, 0.4) is 0 Å². The normalized spacial score (nSPS) is 12.2. The van der Waals surface area contributed by atoms with Gasteiger partial charge in [0.25, 0.3) is 5.91 Å². The van der Waals surface area contributed by atoms with Gasteiger partial charge in [0.15, 0.2) is 5.65 Å². The van der Waals surface area contributed by atoms with Gasteiger partial charge in [0.05, 0.1) is 11.6 Å². The largest absolute Gasteiger partial charge is 0.352 e. The number of aromatic nitrogens is 4. The van der Waals surface area contributed by atoms with Crippen molar-refractivity contribution in [1.82, 2.24) is 24.5 Å². The molecule has 0 unspecified atom stereocenters. The fourth-order valence-corrected chi connectivity index (χ4v) is 3.93. The molecule has 1 amide bonds. The van der Waals surface area contributed by atoms with Gasteiger partial charge in [-0.1, -0.05) is 36.4 Å². The van der Waals surface area contributed by atoms with Crippen LogP contribution in [0.2, 0.25) is 0 Å². The van der Waals surface area contributed by atoms with E-state index in [1.54, 1.807) is 0 Å². The van der Waals surface area contributed by atoms with E-state index < -0.39 is 0 Å². The van der Waals surface area contributed by atoms with Crippen molar-refractivity contribution in [2.75, 3.05) is 6.54 Å². The lowest BCUT2D eigenvalue weighted by Gasteiger charge is -2.19. The maximum atomic E-state index is 12.8. The van der Waals surface area contributed by atoms with Gasteiger partial charge in [0, 0.05) is 30.6 Å². The van der Waals surface area contributed by atoms with Gasteiger partial charge in [-0.2, -0.15) is 0 Å². The lowest BCUT2D eigenvalue weighted by molar-refractivity contribution is 0.0953. The summed E-state index contributed by atoms with van der Waals surface area (Å²) in [5, 5.41) is 11.4. The Morgan fingerprint density at radius 2 is 1.83 bits per heavy atom. The molecular formula is C23H25N5O. The van der Waals surface area contributed by atoms with Gasteiger partial charge in [-0.05, 0) is 44.5 Å². The highest BCUT2D eigenvalue weighted by atomic mass is 16.1. The van der Waals surface area contributed by atoms with Crippen LogP contribution in [-0.4, -0.2) is 31.6 Å². The molecule has 1 aromatic carbocycles. The Labute approximate surface area is 170 Å². The average Bonchev–Trinajstić information content (AvgIpc) is 3.28. The standard InChI is InChI=1S/C23H25N5O/c1-16-15-20(18(3)28(16)17(2)19-9-5-4-6-10-19)23(29)24-13-12-22-26-25-21-11-7-8-14-27(21)22/h4-11,14-15,17H,12-13H2,1-3H3,(H,24,29)/t17-/m1/s1. The zero-order valence-electron chi connectivity index (χ0n) is 17.0. The Balaban J connectivity index is 1.46. The Morgan fingerprint density at radius 1 is 1.07 bits per heavy atom. The first-order valence-electron chi connectivity index (χ1n) is 9.86. The second-order valence-corrected chi connectivity index (χ2v) is 7.29. The molecule has 0 bridgehead atoms. The van der Waals surface area contributed by atoms with Gasteiger partial charge < -0.3 is 9.88 Å². The van der Waals surface area contributed by atoms with Gasteiger partial charge in [0.1, 0.15) is 5.82 Å². The third-order valence-electron chi connectivity index (χ3n) is 5.42. The predicted molar refractivity (Wildman–Crippen MR) is 113 cm³/mol. The first-order chi connectivity index (χ1) is 14.1. The molecule has 0 aliphatic heterocycles. The molecule has 148 valence electrons. The molecule has 6 heteroatoms. The number of nitrogens with zero attached hydrogens (tertiary/aromatic N) is 4. The van der Waals surface area contributed by atoms with E-state index in [2.05, 4.69) is 39.1 Å². The summed E-state index contributed by atoms with van der Waals surface area (Å²) in [7, 11) is 0. The number of benzene rings is 1. The summed E-state index contributed by atoms with van der Waals surface area (Å²) in [6, 6.07) is 18.3. The topological polar surface area (TPSA) is 64.2 Å². The number of hydrogen-bond acceptors (Lipinski definition) is 3. The molecule has 0 fully saturated rings. The van der Waals surface area contributed by atoms with Crippen molar-refractivity contribution >= 4 is 11.6 Å². The van der Waals surface area contributed by atoms with Crippen molar-refractivity contribution in [3.8, 4) is 0 Å². The fraction of sp³-hybridized carbons (Fsp3) is 0.261. The lowest BCUT2D eigenvalue weighted by Crippen LogP contribution is -2.26. The molecule has 3 aromatic heterocycles. The van der Waals surface area contributed by atoms with E-state index in [1.807, 2.05) is 66.9 Å². The number of carbonyl (C=O) groups is 1. The number of nitrogens with one attached hydrogen (secondary N) is 1. The zero-order valence-corrected chi connectivity index (χ0v) is 17.0. The van der Waals surface area contributed by atoms with E-state index in [1.165, 1.54) is 5.56 Å². The highest BCUT2D eigenvalue weighted by Crippen LogP contribution is 2.25. The van der Waals surface area contributed by atoms with Crippen LogP contribution in [0.15, 0.2) is 60.8 Å². The van der Waals surface area contributed by atoms with Crippen molar-refractivity contribution in [3.05, 3.63) is 89.1 Å². The highest BCUT2D eigenvalue weighted by Gasteiger charge is 2.19. The molecule has 0 saturated carbocycles. The van der Waals surface area contributed by atoms with Crippen LogP contribution < -0.4 is 5.32 Å². The number of aryl methyl sites for hydroxylation is 1. The van der Waals surface area contributed by atoms with Crippen molar-refractivity contribution in [2.45, 2.75) is 33.2 Å². The van der Waals surface area contributed by atoms with Gasteiger partial charge in [0.2, 0.25) is 0 Å². The van der Waals surface area contributed by atoms with Crippen molar-refractivity contribution in [2.24, 2.45) is 0 Å². The third-order valence-corrected chi connectivity index (χ3v) is 5.42. The summed E-state index contributed by atoms with van der Waals surface area (Å²) in [4.78, 5) is 12.8. The minimum atomic E-state index is -0.0570. The molecular weight excluding hydrogens is 362 g/mol. The smallest absolute Gasteiger partial charge is 0.253 e. The van der Waals surface area contributed by atoms with Crippen LogP contribution in [0.1, 0.15) is 46.1 Å². The number of hydrogen-bond donors (Lipinski definition) is 1. The summed E-state index contributed by atoms with van der Waals surface area (Å²) in [5.41, 5.74) is 4.81. The Morgan fingerprint density at radius 3 is 2.62 bits per heavy atom. The van der Waals surface area contributed by atoms with E-state index in [0.717, 1.165) is 28.4 Å². The lowest BCUT2D eigenvalue weighted by atomic mass is 10.1.